The molecule has 2 heterocycles. The van der Waals surface area contributed by atoms with Gasteiger partial charge in [0.05, 0.1) is 5.56 Å². The van der Waals surface area contributed by atoms with E-state index in [4.69, 9.17) is 10.5 Å². The highest BCUT2D eigenvalue weighted by atomic mass is 32.1. The van der Waals surface area contributed by atoms with Crippen LogP contribution in [0.1, 0.15) is 40.1 Å². The predicted molar refractivity (Wildman–Crippen MR) is 107 cm³/mol. The molecule has 0 unspecified atom stereocenters. The van der Waals surface area contributed by atoms with Gasteiger partial charge in [-0.2, -0.15) is 0 Å². The summed E-state index contributed by atoms with van der Waals surface area (Å²) in [5.41, 5.74) is 7.68. The number of thiophene rings is 1. The first-order valence-corrected chi connectivity index (χ1v) is 10.1. The fourth-order valence-corrected chi connectivity index (χ4v) is 5.04. The van der Waals surface area contributed by atoms with E-state index < -0.39 is 5.91 Å². The van der Waals surface area contributed by atoms with Gasteiger partial charge in [0.15, 0.2) is 6.61 Å². The van der Waals surface area contributed by atoms with Gasteiger partial charge in [-0.1, -0.05) is 6.07 Å². The summed E-state index contributed by atoms with van der Waals surface area (Å²) in [6.45, 7) is 0.500. The number of benzene rings is 1. The van der Waals surface area contributed by atoms with E-state index in [1.807, 2.05) is 6.07 Å². The summed E-state index contributed by atoms with van der Waals surface area (Å²) in [6, 6.07) is 7.14. The molecule has 0 atom stereocenters. The number of hydrogen-bond acceptors (Lipinski definition) is 5. The lowest BCUT2D eigenvalue weighted by molar-refractivity contribution is -0.118. The van der Waals surface area contributed by atoms with E-state index in [0.29, 0.717) is 29.3 Å². The molecule has 3 N–H and O–H groups in total. The van der Waals surface area contributed by atoms with Crippen LogP contribution < -0.4 is 20.7 Å². The number of carbonyl (C=O) groups is 3. The number of nitrogens with two attached hydrogens (primary N) is 1. The van der Waals surface area contributed by atoms with Crippen molar-refractivity contribution in [3.05, 3.63) is 40.3 Å². The summed E-state index contributed by atoms with van der Waals surface area (Å²) in [4.78, 5) is 38.9. The first-order chi connectivity index (χ1) is 13.5. The van der Waals surface area contributed by atoms with Crippen molar-refractivity contribution < 1.29 is 19.1 Å². The number of ether oxygens (including phenoxy) is 1. The molecule has 28 heavy (non-hydrogen) atoms. The second-order valence-electron chi connectivity index (χ2n) is 6.91. The van der Waals surface area contributed by atoms with Gasteiger partial charge in [0, 0.05) is 29.6 Å². The van der Waals surface area contributed by atoms with Crippen molar-refractivity contribution in [2.45, 2.75) is 32.1 Å². The van der Waals surface area contributed by atoms with E-state index in [9.17, 15) is 14.4 Å². The van der Waals surface area contributed by atoms with Gasteiger partial charge in [-0.3, -0.25) is 14.4 Å². The Balaban J connectivity index is 1.41. The van der Waals surface area contributed by atoms with Crippen LogP contribution in [0.2, 0.25) is 0 Å². The molecule has 0 bridgehead atoms. The number of hydrogen-bond donors (Lipinski definition) is 2. The van der Waals surface area contributed by atoms with Gasteiger partial charge in [-0.05, 0) is 43.4 Å². The highest BCUT2D eigenvalue weighted by Crippen LogP contribution is 2.38. The predicted octanol–water partition coefficient (Wildman–Crippen LogP) is 2.48. The first-order valence-electron chi connectivity index (χ1n) is 9.30. The Kier molecular flexibility index (Phi) is 5.04. The minimum atomic E-state index is -0.515. The topological polar surface area (TPSA) is 102 Å². The van der Waals surface area contributed by atoms with E-state index in [1.165, 1.54) is 11.3 Å². The SMILES string of the molecule is NC(=O)c1c(NC(=O)COc2cccc(N3CCCC3=O)c2)sc2c1CCC2. The third-order valence-electron chi connectivity index (χ3n) is 4.99. The summed E-state index contributed by atoms with van der Waals surface area (Å²) >= 11 is 1.41. The number of fused-ring (bicyclic) bond motifs is 1. The minimum Gasteiger partial charge on any atom is -0.484 e. The van der Waals surface area contributed by atoms with Crippen molar-refractivity contribution >= 4 is 39.7 Å². The molecule has 1 aromatic carbocycles. The largest absolute Gasteiger partial charge is 0.484 e. The van der Waals surface area contributed by atoms with Crippen molar-refractivity contribution in [3.8, 4) is 5.75 Å². The summed E-state index contributed by atoms with van der Waals surface area (Å²) in [6.07, 6.45) is 4.14. The maximum atomic E-state index is 12.3. The minimum absolute atomic E-state index is 0.0969. The van der Waals surface area contributed by atoms with Gasteiger partial charge >= 0.3 is 0 Å². The number of primary amides is 1. The van der Waals surface area contributed by atoms with Crippen LogP contribution in [-0.4, -0.2) is 30.9 Å². The summed E-state index contributed by atoms with van der Waals surface area (Å²) in [7, 11) is 0. The average Bonchev–Trinajstić information content (AvgIpc) is 3.35. The number of aryl methyl sites for hydroxylation is 1. The molecular formula is C20H21N3O4S. The van der Waals surface area contributed by atoms with Crippen molar-refractivity contribution in [1.82, 2.24) is 0 Å². The molecule has 2 aliphatic rings. The number of rotatable bonds is 6. The van der Waals surface area contributed by atoms with Gasteiger partial charge < -0.3 is 20.7 Å². The van der Waals surface area contributed by atoms with E-state index in [2.05, 4.69) is 5.32 Å². The molecule has 0 spiro atoms. The maximum Gasteiger partial charge on any atom is 0.262 e. The van der Waals surface area contributed by atoms with Gasteiger partial charge in [-0.15, -0.1) is 11.3 Å². The molecule has 1 aliphatic heterocycles. The van der Waals surface area contributed by atoms with E-state index in [1.54, 1.807) is 23.1 Å². The van der Waals surface area contributed by atoms with Crippen molar-refractivity contribution in [2.24, 2.45) is 5.73 Å². The average molecular weight is 399 g/mol. The Morgan fingerprint density at radius 3 is 2.82 bits per heavy atom. The van der Waals surface area contributed by atoms with Crippen molar-refractivity contribution in [1.29, 1.82) is 0 Å². The van der Waals surface area contributed by atoms with Crippen molar-refractivity contribution in [3.63, 3.8) is 0 Å². The molecule has 1 aliphatic carbocycles. The van der Waals surface area contributed by atoms with Crippen LogP contribution in [0.15, 0.2) is 24.3 Å². The first kappa shape index (κ1) is 18.5. The highest BCUT2D eigenvalue weighted by molar-refractivity contribution is 7.17. The normalized spacial score (nSPS) is 15.6. The van der Waals surface area contributed by atoms with E-state index in [0.717, 1.165) is 41.8 Å². The van der Waals surface area contributed by atoms with Gasteiger partial charge in [0.2, 0.25) is 5.91 Å². The summed E-state index contributed by atoms with van der Waals surface area (Å²) in [5, 5.41) is 3.26. The number of carbonyl (C=O) groups excluding carboxylic acids is 3. The lowest BCUT2D eigenvalue weighted by atomic mass is 10.1. The van der Waals surface area contributed by atoms with Gasteiger partial charge in [-0.25, -0.2) is 0 Å². The zero-order chi connectivity index (χ0) is 19.7. The van der Waals surface area contributed by atoms with E-state index in [-0.39, 0.29) is 18.4 Å². The molecule has 4 rings (SSSR count). The van der Waals surface area contributed by atoms with Crippen LogP contribution in [-0.2, 0) is 22.4 Å². The zero-order valence-corrected chi connectivity index (χ0v) is 16.1. The van der Waals surface area contributed by atoms with Crippen LogP contribution in [0.3, 0.4) is 0 Å². The standard InChI is InChI=1S/C20H21N3O4S/c21-19(26)18-14-6-2-7-15(14)28-20(18)22-16(24)11-27-13-5-1-4-12(10-13)23-9-3-8-17(23)25/h1,4-5,10H,2-3,6-9,11H2,(H2,21,26)(H,22,24). The quantitative estimate of drug-likeness (QED) is 0.779. The highest BCUT2D eigenvalue weighted by Gasteiger charge is 2.26. The number of amides is 3. The zero-order valence-electron chi connectivity index (χ0n) is 15.3. The molecule has 1 aromatic heterocycles. The fraction of sp³-hybridized carbons (Fsp3) is 0.350. The lowest BCUT2D eigenvalue weighted by Crippen LogP contribution is -2.24. The molecule has 0 radical (unpaired) electrons. The Hall–Kier alpha value is -2.87. The smallest absolute Gasteiger partial charge is 0.262 e. The molecule has 1 saturated heterocycles. The number of anilines is 2. The monoisotopic (exact) mass is 399 g/mol. The van der Waals surface area contributed by atoms with Crippen LogP contribution in [0.5, 0.6) is 5.75 Å². The molecular weight excluding hydrogens is 378 g/mol. The van der Waals surface area contributed by atoms with Crippen LogP contribution in [0.4, 0.5) is 10.7 Å². The van der Waals surface area contributed by atoms with Gasteiger partial charge in [0.25, 0.3) is 11.8 Å². The second-order valence-corrected chi connectivity index (χ2v) is 8.01. The summed E-state index contributed by atoms with van der Waals surface area (Å²) in [5.74, 6) is -0.264. The van der Waals surface area contributed by atoms with Gasteiger partial charge in [0.1, 0.15) is 10.8 Å². The molecule has 7 nitrogen and oxygen atoms in total. The Bertz CT molecular complexity index is 953. The summed E-state index contributed by atoms with van der Waals surface area (Å²) < 4.78 is 5.59. The van der Waals surface area contributed by atoms with Crippen LogP contribution in [0, 0.1) is 0 Å². The molecule has 8 heteroatoms. The Morgan fingerprint density at radius 1 is 1.21 bits per heavy atom. The fourth-order valence-electron chi connectivity index (χ4n) is 3.73. The molecule has 3 amide bonds. The van der Waals surface area contributed by atoms with E-state index >= 15 is 0 Å². The molecule has 1 fully saturated rings. The molecule has 146 valence electrons. The van der Waals surface area contributed by atoms with Crippen LogP contribution in [0.25, 0.3) is 0 Å². The Labute approximate surface area is 166 Å². The van der Waals surface area contributed by atoms with Crippen LogP contribution >= 0.6 is 11.3 Å². The third-order valence-corrected chi connectivity index (χ3v) is 6.20. The van der Waals surface area contributed by atoms with Crippen molar-refractivity contribution in [2.75, 3.05) is 23.4 Å². The Morgan fingerprint density at radius 2 is 2.07 bits per heavy atom. The second kappa shape index (κ2) is 7.63. The molecule has 0 saturated carbocycles. The number of nitrogens with one attached hydrogen (secondary N) is 1. The molecule has 2 aromatic rings. The lowest BCUT2D eigenvalue weighted by Gasteiger charge is -2.16. The number of nitrogens with zero attached hydrogens (tertiary/aromatic N) is 1. The maximum absolute atomic E-state index is 12.3. The third kappa shape index (κ3) is 3.60.